The molecule has 0 saturated carbocycles. The third kappa shape index (κ3) is 6.12. The number of nitro benzene ring substituents is 1. The molecule has 2 rings (SSSR count). The maximum Gasteiger partial charge on any atom is 0.280 e. The quantitative estimate of drug-likeness (QED) is 0.412. The Morgan fingerprint density at radius 2 is 2.00 bits per heavy atom. The normalized spacial score (nSPS) is 10.9. The average molecular weight is 372 g/mol. The lowest BCUT2D eigenvalue weighted by atomic mass is 10.2. The van der Waals surface area contributed by atoms with Crippen molar-refractivity contribution in [2.75, 3.05) is 13.7 Å². The molecule has 0 atom stereocenters. The van der Waals surface area contributed by atoms with Gasteiger partial charge in [0.15, 0.2) is 6.61 Å². The fraction of sp³-hybridized carbons (Fsp3) is 0.118. The van der Waals surface area contributed by atoms with Gasteiger partial charge < -0.3 is 14.7 Å². The van der Waals surface area contributed by atoms with Crippen molar-refractivity contribution in [2.45, 2.75) is 0 Å². The summed E-state index contributed by atoms with van der Waals surface area (Å²) in [5.41, 5.74) is 2.79. The molecule has 0 fully saturated rings. The van der Waals surface area contributed by atoms with Crippen LogP contribution in [0.4, 0.5) is 5.69 Å². The number of ether oxygens (including phenoxy) is 1. The van der Waals surface area contributed by atoms with Gasteiger partial charge in [0.25, 0.3) is 11.6 Å². The number of nitrogens with zero attached hydrogens (tertiary/aromatic N) is 3. The van der Waals surface area contributed by atoms with Crippen molar-refractivity contribution in [1.82, 2.24) is 5.43 Å². The molecule has 2 aromatic rings. The first-order valence-electron chi connectivity index (χ1n) is 7.58. The molecule has 1 amide bonds. The van der Waals surface area contributed by atoms with Crippen molar-refractivity contribution >= 4 is 24.0 Å². The van der Waals surface area contributed by atoms with E-state index in [1.54, 1.807) is 31.4 Å². The number of methoxy groups -OCH3 is 1. The third-order valence-electron chi connectivity index (χ3n) is 3.20. The zero-order chi connectivity index (χ0) is 19.6. The van der Waals surface area contributed by atoms with Gasteiger partial charge in [0.2, 0.25) is 0 Å². The summed E-state index contributed by atoms with van der Waals surface area (Å²) in [6.07, 6.45) is 2.51. The highest BCUT2D eigenvalue weighted by Crippen LogP contribution is 2.21. The first kappa shape index (κ1) is 19.4. The van der Waals surface area contributed by atoms with Crippen LogP contribution in [0, 0.1) is 10.1 Å². The van der Waals surface area contributed by atoms with Crippen LogP contribution in [0.1, 0.15) is 11.1 Å². The highest BCUT2D eigenvalue weighted by atomic mass is 16.6. The standard InChI is InChI=1S/C17H16N4O6/c1-26-15-5-2-12(3-6-15)9-19-27-11-17(23)20-18-10-13-8-14(21(24)25)4-7-16(13)22/h2-10,22H,11H2,1H3,(H,20,23)/b18-10-,19-9+. The molecule has 0 saturated heterocycles. The van der Waals surface area contributed by atoms with E-state index < -0.39 is 10.8 Å². The monoisotopic (exact) mass is 372 g/mol. The highest BCUT2D eigenvalue weighted by molar-refractivity contribution is 5.86. The third-order valence-corrected chi connectivity index (χ3v) is 3.20. The number of nitro groups is 1. The molecule has 0 spiro atoms. The molecule has 140 valence electrons. The number of carbonyl (C=O) groups excluding carboxylic acids is 1. The summed E-state index contributed by atoms with van der Waals surface area (Å²) in [4.78, 5) is 26.5. The summed E-state index contributed by atoms with van der Waals surface area (Å²) >= 11 is 0. The average Bonchev–Trinajstić information content (AvgIpc) is 2.67. The second-order valence-electron chi connectivity index (χ2n) is 5.07. The number of amides is 1. The van der Waals surface area contributed by atoms with Crippen LogP contribution in [0.2, 0.25) is 0 Å². The van der Waals surface area contributed by atoms with Gasteiger partial charge in [-0.25, -0.2) is 5.43 Å². The Kier molecular flexibility index (Phi) is 6.83. The SMILES string of the molecule is COc1ccc(/C=N/OCC(=O)N/N=C\c2cc([N+](=O)[O-])ccc2O)cc1. The molecule has 0 aliphatic heterocycles. The van der Waals surface area contributed by atoms with E-state index in [-0.39, 0.29) is 23.6 Å². The predicted molar refractivity (Wildman–Crippen MR) is 97.0 cm³/mol. The molecule has 0 heterocycles. The molecular weight excluding hydrogens is 356 g/mol. The van der Waals surface area contributed by atoms with E-state index in [0.29, 0.717) is 5.75 Å². The lowest BCUT2D eigenvalue weighted by molar-refractivity contribution is -0.384. The number of rotatable bonds is 8. The lowest BCUT2D eigenvalue weighted by Gasteiger charge is -2.00. The van der Waals surface area contributed by atoms with Crippen molar-refractivity contribution in [3.63, 3.8) is 0 Å². The minimum Gasteiger partial charge on any atom is -0.507 e. The maximum absolute atomic E-state index is 11.6. The minimum atomic E-state index is -0.607. The van der Waals surface area contributed by atoms with Crippen molar-refractivity contribution in [3.8, 4) is 11.5 Å². The Bertz CT molecular complexity index is 864. The van der Waals surface area contributed by atoms with Crippen LogP contribution in [0.3, 0.4) is 0 Å². The van der Waals surface area contributed by atoms with Crippen LogP contribution in [-0.4, -0.2) is 42.1 Å². The molecule has 2 aromatic carbocycles. The van der Waals surface area contributed by atoms with Gasteiger partial charge in [-0.2, -0.15) is 5.10 Å². The van der Waals surface area contributed by atoms with Gasteiger partial charge in [0.05, 0.1) is 24.5 Å². The zero-order valence-corrected chi connectivity index (χ0v) is 14.2. The number of hydrazone groups is 1. The summed E-state index contributed by atoms with van der Waals surface area (Å²) in [7, 11) is 1.56. The topological polar surface area (TPSA) is 136 Å². The van der Waals surface area contributed by atoms with Crippen LogP contribution in [-0.2, 0) is 9.63 Å². The molecule has 0 aromatic heterocycles. The number of nitrogens with one attached hydrogen (secondary N) is 1. The molecule has 0 radical (unpaired) electrons. The molecule has 27 heavy (non-hydrogen) atoms. The molecule has 0 aliphatic rings. The number of phenolic OH excluding ortho intramolecular Hbond substituents is 1. The Labute approximate surface area is 153 Å². The summed E-state index contributed by atoms with van der Waals surface area (Å²) in [6.45, 7) is -0.384. The lowest BCUT2D eigenvalue weighted by Crippen LogP contribution is -2.22. The van der Waals surface area contributed by atoms with Crippen LogP contribution in [0.15, 0.2) is 52.7 Å². The number of non-ortho nitro benzene ring substituents is 1. The molecular formula is C17H16N4O6. The summed E-state index contributed by atoms with van der Waals surface area (Å²) in [5.74, 6) is -0.0953. The predicted octanol–water partition coefficient (Wildman–Crippen LogP) is 1.81. The summed E-state index contributed by atoms with van der Waals surface area (Å²) in [6, 6.07) is 10.5. The number of phenols is 1. The Balaban J connectivity index is 1.80. The number of carbonyl (C=O) groups is 1. The molecule has 2 N–H and O–H groups in total. The van der Waals surface area contributed by atoms with Gasteiger partial charge in [-0.1, -0.05) is 5.16 Å². The fourth-order valence-corrected chi connectivity index (χ4v) is 1.85. The summed E-state index contributed by atoms with van der Waals surface area (Å²) in [5, 5.41) is 27.6. The smallest absolute Gasteiger partial charge is 0.280 e. The van der Waals surface area contributed by atoms with Crippen molar-refractivity contribution in [3.05, 3.63) is 63.7 Å². The molecule has 10 nitrogen and oxygen atoms in total. The molecule has 0 unspecified atom stereocenters. The van der Waals surface area contributed by atoms with Gasteiger partial charge in [-0.05, 0) is 35.9 Å². The van der Waals surface area contributed by atoms with Gasteiger partial charge in [0, 0.05) is 17.7 Å². The number of benzene rings is 2. The first-order valence-corrected chi connectivity index (χ1v) is 7.58. The van der Waals surface area contributed by atoms with Gasteiger partial charge >= 0.3 is 0 Å². The van der Waals surface area contributed by atoms with Gasteiger partial charge in [-0.15, -0.1) is 0 Å². The van der Waals surface area contributed by atoms with Crippen LogP contribution in [0.25, 0.3) is 0 Å². The fourth-order valence-electron chi connectivity index (χ4n) is 1.85. The maximum atomic E-state index is 11.6. The van der Waals surface area contributed by atoms with Crippen molar-refractivity contribution in [1.29, 1.82) is 0 Å². The van der Waals surface area contributed by atoms with Crippen molar-refractivity contribution in [2.24, 2.45) is 10.3 Å². The minimum absolute atomic E-state index is 0.0861. The Hall–Kier alpha value is -3.95. The van der Waals surface area contributed by atoms with Crippen LogP contribution < -0.4 is 10.2 Å². The van der Waals surface area contributed by atoms with Gasteiger partial charge in [0.1, 0.15) is 11.5 Å². The zero-order valence-electron chi connectivity index (χ0n) is 14.2. The van der Waals surface area contributed by atoms with E-state index in [0.717, 1.165) is 30.0 Å². The van der Waals surface area contributed by atoms with E-state index >= 15 is 0 Å². The van der Waals surface area contributed by atoms with E-state index in [1.165, 1.54) is 6.21 Å². The Morgan fingerprint density at radius 3 is 2.67 bits per heavy atom. The van der Waals surface area contributed by atoms with E-state index in [4.69, 9.17) is 9.57 Å². The van der Waals surface area contributed by atoms with Crippen LogP contribution in [0.5, 0.6) is 11.5 Å². The van der Waals surface area contributed by atoms with E-state index in [9.17, 15) is 20.0 Å². The number of oxime groups is 1. The van der Waals surface area contributed by atoms with Gasteiger partial charge in [-0.3, -0.25) is 14.9 Å². The highest BCUT2D eigenvalue weighted by Gasteiger charge is 2.08. The largest absolute Gasteiger partial charge is 0.507 e. The number of hydrogen-bond donors (Lipinski definition) is 2. The van der Waals surface area contributed by atoms with E-state index in [2.05, 4.69) is 15.7 Å². The summed E-state index contributed by atoms with van der Waals surface area (Å²) < 4.78 is 5.03. The number of hydrogen-bond acceptors (Lipinski definition) is 8. The van der Waals surface area contributed by atoms with E-state index in [1.807, 2.05) is 0 Å². The molecule has 10 heteroatoms. The molecule has 0 aliphatic carbocycles. The number of aromatic hydroxyl groups is 1. The Morgan fingerprint density at radius 1 is 1.26 bits per heavy atom. The van der Waals surface area contributed by atoms with Crippen molar-refractivity contribution < 1.29 is 24.4 Å². The second kappa shape index (κ2) is 9.51. The first-order chi connectivity index (χ1) is 13.0. The second-order valence-corrected chi connectivity index (χ2v) is 5.07. The molecule has 0 bridgehead atoms. The van der Waals surface area contributed by atoms with Crippen LogP contribution >= 0.6 is 0 Å².